The van der Waals surface area contributed by atoms with Crippen molar-refractivity contribution in [2.45, 2.75) is 52.1 Å². The monoisotopic (exact) mass is 246 g/mol. The van der Waals surface area contributed by atoms with E-state index in [2.05, 4.69) is 63.2 Å². The van der Waals surface area contributed by atoms with Crippen LogP contribution in [0.1, 0.15) is 37.8 Å². The van der Waals surface area contributed by atoms with E-state index in [0.29, 0.717) is 6.04 Å². The summed E-state index contributed by atoms with van der Waals surface area (Å²) in [6, 6.07) is 7.48. The van der Waals surface area contributed by atoms with Gasteiger partial charge < -0.3 is 10.2 Å². The fourth-order valence-corrected chi connectivity index (χ4v) is 3.02. The summed E-state index contributed by atoms with van der Waals surface area (Å²) in [6.45, 7) is 10.2. The molecule has 0 saturated carbocycles. The molecule has 0 spiro atoms. The number of hydrogen-bond donors (Lipinski definition) is 1. The van der Waals surface area contributed by atoms with Gasteiger partial charge in [-0.1, -0.05) is 6.07 Å². The van der Waals surface area contributed by atoms with Crippen molar-refractivity contribution >= 4 is 5.69 Å². The van der Waals surface area contributed by atoms with Crippen LogP contribution in [0.15, 0.2) is 18.2 Å². The van der Waals surface area contributed by atoms with Crippen LogP contribution < -0.4 is 10.2 Å². The first kappa shape index (κ1) is 13.4. The third-order valence-corrected chi connectivity index (χ3v) is 4.16. The molecule has 1 fully saturated rings. The van der Waals surface area contributed by atoms with Crippen molar-refractivity contribution in [3.05, 3.63) is 29.3 Å². The predicted octanol–water partition coefficient (Wildman–Crippen LogP) is 3.27. The summed E-state index contributed by atoms with van der Waals surface area (Å²) >= 11 is 0. The smallest absolute Gasteiger partial charge is 0.0376 e. The molecule has 1 aromatic rings. The SMILES string of the molecule is CNC1CCC(C)(C)N(c2cc(C)cc(C)c2)C1. The molecule has 1 saturated heterocycles. The lowest BCUT2D eigenvalue weighted by Gasteiger charge is -2.47. The number of rotatable bonds is 2. The minimum absolute atomic E-state index is 0.258. The van der Waals surface area contributed by atoms with Gasteiger partial charge in [0, 0.05) is 23.8 Å². The third kappa shape index (κ3) is 2.69. The maximum Gasteiger partial charge on any atom is 0.0376 e. The number of piperidine rings is 1. The van der Waals surface area contributed by atoms with Crippen LogP contribution >= 0.6 is 0 Å². The van der Waals surface area contributed by atoms with Gasteiger partial charge >= 0.3 is 0 Å². The molecular formula is C16H26N2. The van der Waals surface area contributed by atoms with Crippen LogP contribution in [0.2, 0.25) is 0 Å². The van der Waals surface area contributed by atoms with Crippen molar-refractivity contribution in [1.29, 1.82) is 0 Å². The molecule has 100 valence electrons. The van der Waals surface area contributed by atoms with Gasteiger partial charge in [-0.2, -0.15) is 0 Å². The van der Waals surface area contributed by atoms with Crippen molar-refractivity contribution in [1.82, 2.24) is 5.32 Å². The van der Waals surface area contributed by atoms with Gasteiger partial charge in [-0.15, -0.1) is 0 Å². The maximum absolute atomic E-state index is 3.43. The third-order valence-electron chi connectivity index (χ3n) is 4.16. The van der Waals surface area contributed by atoms with E-state index in [0.717, 1.165) is 6.54 Å². The first-order valence-corrected chi connectivity index (χ1v) is 6.95. The Morgan fingerprint density at radius 1 is 1.17 bits per heavy atom. The van der Waals surface area contributed by atoms with E-state index >= 15 is 0 Å². The second kappa shape index (κ2) is 4.93. The van der Waals surface area contributed by atoms with Crippen LogP contribution in [0, 0.1) is 13.8 Å². The molecule has 1 aromatic carbocycles. The van der Waals surface area contributed by atoms with E-state index in [1.54, 1.807) is 0 Å². The Kier molecular flexibility index (Phi) is 3.67. The van der Waals surface area contributed by atoms with Crippen LogP contribution in [0.25, 0.3) is 0 Å². The molecule has 1 atom stereocenters. The quantitative estimate of drug-likeness (QED) is 0.861. The topological polar surface area (TPSA) is 15.3 Å². The minimum atomic E-state index is 0.258. The molecule has 0 aromatic heterocycles. The average molecular weight is 246 g/mol. The van der Waals surface area contributed by atoms with Gasteiger partial charge in [0.15, 0.2) is 0 Å². The highest BCUT2D eigenvalue weighted by Crippen LogP contribution is 2.33. The number of nitrogens with one attached hydrogen (secondary N) is 1. The van der Waals surface area contributed by atoms with Crippen LogP contribution in [0.5, 0.6) is 0 Å². The minimum Gasteiger partial charge on any atom is -0.365 e. The largest absolute Gasteiger partial charge is 0.365 e. The zero-order valence-corrected chi connectivity index (χ0v) is 12.4. The Morgan fingerprint density at radius 3 is 2.33 bits per heavy atom. The number of anilines is 1. The molecule has 1 aliphatic rings. The van der Waals surface area contributed by atoms with Crippen molar-refractivity contribution in [3.63, 3.8) is 0 Å². The first-order chi connectivity index (χ1) is 8.42. The number of hydrogen-bond acceptors (Lipinski definition) is 2. The molecule has 1 unspecified atom stereocenters. The second-order valence-electron chi connectivity index (χ2n) is 6.29. The standard InChI is InChI=1S/C16H26N2/c1-12-8-13(2)10-15(9-12)18-11-14(17-5)6-7-16(18,3)4/h8-10,14,17H,6-7,11H2,1-5H3. The molecule has 18 heavy (non-hydrogen) atoms. The summed E-state index contributed by atoms with van der Waals surface area (Å²) in [5.41, 5.74) is 4.34. The van der Waals surface area contributed by atoms with Crippen molar-refractivity contribution < 1.29 is 0 Å². The lowest BCUT2D eigenvalue weighted by Crippen LogP contribution is -2.55. The normalized spacial score (nSPS) is 23.2. The Bertz CT molecular complexity index is 403. The van der Waals surface area contributed by atoms with Crippen molar-refractivity contribution in [2.24, 2.45) is 0 Å². The molecule has 0 radical (unpaired) electrons. The van der Waals surface area contributed by atoms with Crippen molar-refractivity contribution in [2.75, 3.05) is 18.5 Å². The molecule has 0 amide bonds. The molecule has 1 aliphatic heterocycles. The number of likely N-dealkylation sites (N-methyl/N-ethyl adjacent to an activating group) is 1. The number of aryl methyl sites for hydroxylation is 2. The van der Waals surface area contributed by atoms with Gasteiger partial charge in [0.2, 0.25) is 0 Å². The molecule has 0 aliphatic carbocycles. The predicted molar refractivity (Wildman–Crippen MR) is 79.4 cm³/mol. The fraction of sp³-hybridized carbons (Fsp3) is 0.625. The zero-order valence-electron chi connectivity index (χ0n) is 12.4. The summed E-state index contributed by atoms with van der Waals surface area (Å²) in [5.74, 6) is 0. The maximum atomic E-state index is 3.43. The van der Waals surface area contributed by atoms with Gasteiger partial charge in [0.1, 0.15) is 0 Å². The van der Waals surface area contributed by atoms with E-state index in [9.17, 15) is 0 Å². The highest BCUT2D eigenvalue weighted by Gasteiger charge is 2.33. The molecule has 2 heteroatoms. The molecule has 0 bridgehead atoms. The molecule has 2 rings (SSSR count). The van der Waals surface area contributed by atoms with Crippen LogP contribution in [0.4, 0.5) is 5.69 Å². The lowest BCUT2D eigenvalue weighted by molar-refractivity contribution is 0.313. The van der Waals surface area contributed by atoms with Crippen LogP contribution in [-0.4, -0.2) is 25.2 Å². The summed E-state index contributed by atoms with van der Waals surface area (Å²) < 4.78 is 0. The summed E-state index contributed by atoms with van der Waals surface area (Å²) in [5, 5.41) is 3.43. The first-order valence-electron chi connectivity index (χ1n) is 6.95. The van der Waals surface area contributed by atoms with E-state index in [1.165, 1.54) is 29.7 Å². The molecule has 2 nitrogen and oxygen atoms in total. The van der Waals surface area contributed by atoms with Gasteiger partial charge in [-0.3, -0.25) is 0 Å². The number of benzene rings is 1. The summed E-state index contributed by atoms with van der Waals surface area (Å²) in [6.07, 6.45) is 2.51. The lowest BCUT2D eigenvalue weighted by atomic mass is 9.87. The van der Waals surface area contributed by atoms with E-state index < -0.39 is 0 Å². The highest BCUT2D eigenvalue weighted by atomic mass is 15.2. The highest BCUT2D eigenvalue weighted by molar-refractivity contribution is 5.53. The Morgan fingerprint density at radius 2 is 1.78 bits per heavy atom. The molecule has 1 heterocycles. The molecular weight excluding hydrogens is 220 g/mol. The number of nitrogens with zero attached hydrogens (tertiary/aromatic N) is 1. The zero-order chi connectivity index (χ0) is 13.3. The van der Waals surface area contributed by atoms with Gasteiger partial charge in [-0.05, 0) is 70.8 Å². The van der Waals surface area contributed by atoms with Gasteiger partial charge in [-0.25, -0.2) is 0 Å². The van der Waals surface area contributed by atoms with Crippen molar-refractivity contribution in [3.8, 4) is 0 Å². The second-order valence-corrected chi connectivity index (χ2v) is 6.29. The Balaban J connectivity index is 2.33. The van der Waals surface area contributed by atoms with E-state index in [1.807, 2.05) is 0 Å². The fourth-order valence-electron chi connectivity index (χ4n) is 3.02. The summed E-state index contributed by atoms with van der Waals surface area (Å²) in [7, 11) is 2.07. The molecule has 1 N–H and O–H groups in total. The summed E-state index contributed by atoms with van der Waals surface area (Å²) in [4.78, 5) is 2.57. The Labute approximate surface area is 111 Å². The average Bonchev–Trinajstić information content (AvgIpc) is 2.27. The van der Waals surface area contributed by atoms with E-state index in [-0.39, 0.29) is 5.54 Å². The van der Waals surface area contributed by atoms with Crippen LogP contribution in [-0.2, 0) is 0 Å². The van der Waals surface area contributed by atoms with Gasteiger partial charge in [0.05, 0.1) is 0 Å². The Hall–Kier alpha value is -1.02. The van der Waals surface area contributed by atoms with E-state index in [4.69, 9.17) is 0 Å². The van der Waals surface area contributed by atoms with Crippen LogP contribution in [0.3, 0.4) is 0 Å². The van der Waals surface area contributed by atoms with Gasteiger partial charge in [0.25, 0.3) is 0 Å².